The average molecular weight is 254 g/mol. The van der Waals surface area contributed by atoms with Gasteiger partial charge in [0.2, 0.25) is 0 Å². The summed E-state index contributed by atoms with van der Waals surface area (Å²) < 4.78 is 1.19. The Kier molecular flexibility index (Phi) is 3.92. The van der Waals surface area contributed by atoms with Gasteiger partial charge in [-0.1, -0.05) is 23.2 Å². The van der Waals surface area contributed by atoms with Crippen LogP contribution in [0.4, 0.5) is 0 Å². The van der Waals surface area contributed by atoms with E-state index in [4.69, 9.17) is 28.9 Å². The molecule has 0 aliphatic rings. The van der Waals surface area contributed by atoms with E-state index in [0.29, 0.717) is 8.67 Å². The number of hydrogen-bond acceptors (Lipinski definition) is 3. The molecule has 1 rings (SSSR count). The van der Waals surface area contributed by atoms with E-state index in [1.807, 2.05) is 0 Å². The largest absolute Gasteiger partial charge is 0.375 e. The standard InChI is InChI=1S/C6H5Cl2N3S2/c7-4-1-3(5(8)13-4)2-10-11-6(9)12/h1-2H,(H3,9,11,12)/b10-2-. The monoisotopic (exact) mass is 253 g/mol. The summed E-state index contributed by atoms with van der Waals surface area (Å²) >= 11 is 17.3. The lowest BCUT2D eigenvalue weighted by Gasteiger charge is -1.92. The molecule has 1 heterocycles. The van der Waals surface area contributed by atoms with Crippen LogP contribution in [0.25, 0.3) is 0 Å². The van der Waals surface area contributed by atoms with Gasteiger partial charge in [0, 0.05) is 5.56 Å². The molecule has 7 heteroatoms. The molecule has 0 saturated heterocycles. The number of nitrogens with two attached hydrogens (primary N) is 1. The molecule has 0 aliphatic heterocycles. The van der Waals surface area contributed by atoms with E-state index in [-0.39, 0.29) is 5.11 Å². The van der Waals surface area contributed by atoms with Gasteiger partial charge in [-0.05, 0) is 18.3 Å². The van der Waals surface area contributed by atoms with Crippen LogP contribution in [0.2, 0.25) is 8.67 Å². The number of hydrogen-bond donors (Lipinski definition) is 2. The van der Waals surface area contributed by atoms with Crippen molar-refractivity contribution in [3.05, 3.63) is 20.3 Å². The fraction of sp³-hybridized carbons (Fsp3) is 0. The van der Waals surface area contributed by atoms with E-state index in [2.05, 4.69) is 22.7 Å². The highest BCUT2D eigenvalue weighted by molar-refractivity contribution is 7.80. The van der Waals surface area contributed by atoms with Crippen LogP contribution in [0.3, 0.4) is 0 Å². The van der Waals surface area contributed by atoms with Crippen LogP contribution >= 0.6 is 46.8 Å². The number of thiocarbonyl (C=S) groups is 1. The molecule has 3 nitrogen and oxygen atoms in total. The molecule has 0 saturated carbocycles. The molecule has 1 aromatic rings. The molecule has 0 bridgehead atoms. The molecule has 0 spiro atoms. The van der Waals surface area contributed by atoms with E-state index >= 15 is 0 Å². The predicted molar refractivity (Wildman–Crippen MR) is 61.9 cm³/mol. The Hall–Kier alpha value is -0.360. The van der Waals surface area contributed by atoms with Crippen molar-refractivity contribution in [1.82, 2.24) is 5.43 Å². The lowest BCUT2D eigenvalue weighted by molar-refractivity contribution is 1.04. The molecular weight excluding hydrogens is 249 g/mol. The van der Waals surface area contributed by atoms with Crippen LogP contribution in [0.1, 0.15) is 5.56 Å². The minimum absolute atomic E-state index is 0.105. The third kappa shape index (κ3) is 3.48. The fourth-order valence-electron chi connectivity index (χ4n) is 0.606. The van der Waals surface area contributed by atoms with Crippen LogP contribution < -0.4 is 11.2 Å². The van der Waals surface area contributed by atoms with Gasteiger partial charge in [0.15, 0.2) is 5.11 Å². The quantitative estimate of drug-likeness (QED) is 0.483. The van der Waals surface area contributed by atoms with E-state index in [0.717, 1.165) is 5.56 Å². The van der Waals surface area contributed by atoms with Crippen LogP contribution in [0.5, 0.6) is 0 Å². The highest BCUT2D eigenvalue weighted by Crippen LogP contribution is 2.29. The summed E-state index contributed by atoms with van der Waals surface area (Å²) in [5, 5.41) is 3.84. The van der Waals surface area contributed by atoms with Gasteiger partial charge in [-0.2, -0.15) is 5.10 Å². The smallest absolute Gasteiger partial charge is 0.184 e. The Morgan fingerprint density at radius 1 is 1.69 bits per heavy atom. The summed E-state index contributed by atoms with van der Waals surface area (Å²) in [7, 11) is 0. The summed E-state index contributed by atoms with van der Waals surface area (Å²) in [6.07, 6.45) is 1.50. The molecule has 3 N–H and O–H groups in total. The van der Waals surface area contributed by atoms with Gasteiger partial charge in [0.1, 0.15) is 4.34 Å². The molecule has 0 amide bonds. The summed E-state index contributed by atoms with van der Waals surface area (Å²) in [4.78, 5) is 0. The maximum Gasteiger partial charge on any atom is 0.184 e. The first-order valence-electron chi connectivity index (χ1n) is 3.13. The van der Waals surface area contributed by atoms with E-state index in [1.54, 1.807) is 6.07 Å². The van der Waals surface area contributed by atoms with Gasteiger partial charge in [0.05, 0.1) is 10.6 Å². The van der Waals surface area contributed by atoms with Crippen molar-refractivity contribution < 1.29 is 0 Å². The maximum atomic E-state index is 5.81. The van der Waals surface area contributed by atoms with Gasteiger partial charge >= 0.3 is 0 Å². The molecule has 70 valence electrons. The van der Waals surface area contributed by atoms with Crippen LogP contribution in [-0.4, -0.2) is 11.3 Å². The number of hydrazone groups is 1. The highest BCUT2D eigenvalue weighted by atomic mass is 35.5. The second-order valence-electron chi connectivity index (χ2n) is 2.01. The molecule has 0 fully saturated rings. The summed E-state index contributed by atoms with van der Waals surface area (Å²) in [6, 6.07) is 1.71. The summed E-state index contributed by atoms with van der Waals surface area (Å²) in [6.45, 7) is 0. The number of nitrogens with zero attached hydrogens (tertiary/aromatic N) is 1. The molecule has 0 unspecified atom stereocenters. The predicted octanol–water partition coefficient (Wildman–Crippen LogP) is 2.22. The fourth-order valence-corrected chi connectivity index (χ4v) is 2.07. The topological polar surface area (TPSA) is 50.4 Å². The average Bonchev–Trinajstić information content (AvgIpc) is 2.29. The first-order valence-corrected chi connectivity index (χ1v) is 5.11. The van der Waals surface area contributed by atoms with Crippen molar-refractivity contribution in [1.29, 1.82) is 0 Å². The second kappa shape index (κ2) is 4.76. The molecular formula is C6H5Cl2N3S2. The van der Waals surface area contributed by atoms with Crippen LogP contribution in [0, 0.1) is 0 Å². The van der Waals surface area contributed by atoms with Gasteiger partial charge in [-0.3, -0.25) is 5.43 Å². The number of halogens is 2. The highest BCUT2D eigenvalue weighted by Gasteiger charge is 2.02. The zero-order valence-electron chi connectivity index (χ0n) is 6.25. The second-order valence-corrected chi connectivity index (χ2v) is 4.74. The normalized spacial score (nSPS) is 10.6. The zero-order chi connectivity index (χ0) is 9.84. The lowest BCUT2D eigenvalue weighted by Crippen LogP contribution is -2.23. The van der Waals surface area contributed by atoms with E-state index in [1.165, 1.54) is 17.6 Å². The Morgan fingerprint density at radius 2 is 2.38 bits per heavy atom. The first-order chi connectivity index (χ1) is 6.09. The number of rotatable bonds is 2. The van der Waals surface area contributed by atoms with E-state index in [9.17, 15) is 0 Å². The van der Waals surface area contributed by atoms with Gasteiger partial charge in [0.25, 0.3) is 0 Å². The van der Waals surface area contributed by atoms with Crippen LogP contribution in [0.15, 0.2) is 11.2 Å². The maximum absolute atomic E-state index is 5.81. The molecule has 13 heavy (non-hydrogen) atoms. The Labute approximate surface area is 94.5 Å². The number of nitrogens with one attached hydrogen (secondary N) is 1. The van der Waals surface area contributed by atoms with Crippen molar-refractivity contribution in [2.24, 2.45) is 10.8 Å². The Balaban J connectivity index is 2.68. The minimum atomic E-state index is 0.105. The van der Waals surface area contributed by atoms with Crippen molar-refractivity contribution in [2.45, 2.75) is 0 Å². The third-order valence-corrected chi connectivity index (χ3v) is 2.67. The third-order valence-electron chi connectivity index (χ3n) is 1.06. The molecule has 0 atom stereocenters. The van der Waals surface area contributed by atoms with Crippen LogP contribution in [-0.2, 0) is 0 Å². The SMILES string of the molecule is NC(=S)N/N=C\c1cc(Cl)sc1Cl. The van der Waals surface area contributed by atoms with Crippen molar-refractivity contribution in [3.63, 3.8) is 0 Å². The Morgan fingerprint density at radius 3 is 2.85 bits per heavy atom. The molecule has 0 aliphatic carbocycles. The van der Waals surface area contributed by atoms with Crippen molar-refractivity contribution in [2.75, 3.05) is 0 Å². The van der Waals surface area contributed by atoms with E-state index < -0.39 is 0 Å². The molecule has 0 aromatic carbocycles. The van der Waals surface area contributed by atoms with Gasteiger partial charge in [-0.15, -0.1) is 11.3 Å². The zero-order valence-corrected chi connectivity index (χ0v) is 9.40. The van der Waals surface area contributed by atoms with Crippen molar-refractivity contribution in [3.8, 4) is 0 Å². The van der Waals surface area contributed by atoms with Gasteiger partial charge < -0.3 is 5.73 Å². The lowest BCUT2D eigenvalue weighted by atomic mass is 10.4. The first kappa shape index (κ1) is 10.7. The number of thiophene rings is 1. The molecule has 1 aromatic heterocycles. The summed E-state index contributed by atoms with van der Waals surface area (Å²) in [5.41, 5.74) is 8.30. The summed E-state index contributed by atoms with van der Waals surface area (Å²) in [5.74, 6) is 0. The minimum Gasteiger partial charge on any atom is -0.375 e. The Bertz CT molecular complexity index is 348. The van der Waals surface area contributed by atoms with Crippen molar-refractivity contribution >= 4 is 58.1 Å². The van der Waals surface area contributed by atoms with Gasteiger partial charge in [-0.25, -0.2) is 0 Å². The molecule has 0 radical (unpaired) electrons.